The maximum atomic E-state index is 12.9. The summed E-state index contributed by atoms with van der Waals surface area (Å²) in [5, 5.41) is 2.96. The summed E-state index contributed by atoms with van der Waals surface area (Å²) in [6.07, 6.45) is 0. The lowest BCUT2D eigenvalue weighted by atomic mass is 9.90. The van der Waals surface area contributed by atoms with Crippen LogP contribution in [-0.4, -0.2) is 5.91 Å². The standard InChI is InChI=1S/C20H18N2O/c21-17-12-7-13-18(14-17)22-20(23)19(15-8-3-1-4-9-15)16-10-5-2-6-11-16/h1-14,19H,21H2,(H,22,23). The SMILES string of the molecule is Nc1cccc(NC(=O)C(c2ccccc2)c2ccccc2)c1. The van der Waals surface area contributed by atoms with Gasteiger partial charge in [0.1, 0.15) is 0 Å². The number of hydrogen-bond donors (Lipinski definition) is 2. The highest BCUT2D eigenvalue weighted by molar-refractivity contribution is 5.98. The zero-order valence-electron chi connectivity index (χ0n) is 12.6. The Balaban J connectivity index is 1.94. The number of nitrogen functional groups attached to an aromatic ring is 1. The van der Waals surface area contributed by atoms with Gasteiger partial charge in [-0.2, -0.15) is 0 Å². The first-order chi connectivity index (χ1) is 11.2. The Kier molecular flexibility index (Phi) is 4.39. The van der Waals surface area contributed by atoms with Gasteiger partial charge in [0.15, 0.2) is 0 Å². The van der Waals surface area contributed by atoms with E-state index >= 15 is 0 Å². The van der Waals surface area contributed by atoms with Gasteiger partial charge in [0.05, 0.1) is 5.92 Å². The summed E-state index contributed by atoms with van der Waals surface area (Å²) in [6.45, 7) is 0. The van der Waals surface area contributed by atoms with Crippen LogP contribution in [0.5, 0.6) is 0 Å². The number of carbonyl (C=O) groups excluding carboxylic acids is 1. The van der Waals surface area contributed by atoms with Crippen LogP contribution in [0.15, 0.2) is 84.9 Å². The van der Waals surface area contributed by atoms with Crippen LogP contribution in [-0.2, 0) is 4.79 Å². The molecule has 3 aromatic rings. The molecule has 1 amide bonds. The summed E-state index contributed by atoms with van der Waals surface area (Å²) in [7, 11) is 0. The van der Waals surface area contributed by atoms with E-state index in [0.717, 1.165) is 11.1 Å². The molecule has 3 aromatic carbocycles. The highest BCUT2D eigenvalue weighted by Gasteiger charge is 2.22. The van der Waals surface area contributed by atoms with Gasteiger partial charge in [0.25, 0.3) is 0 Å². The largest absolute Gasteiger partial charge is 0.399 e. The van der Waals surface area contributed by atoms with Crippen molar-refractivity contribution in [2.24, 2.45) is 0 Å². The summed E-state index contributed by atoms with van der Waals surface area (Å²) >= 11 is 0. The number of nitrogens with one attached hydrogen (secondary N) is 1. The molecular formula is C20H18N2O. The molecule has 114 valence electrons. The minimum absolute atomic E-state index is 0.0759. The Morgan fingerprint density at radius 1 is 0.783 bits per heavy atom. The minimum atomic E-state index is -0.362. The van der Waals surface area contributed by atoms with Gasteiger partial charge in [0, 0.05) is 11.4 Å². The fourth-order valence-corrected chi connectivity index (χ4v) is 2.62. The Morgan fingerprint density at radius 2 is 1.35 bits per heavy atom. The molecule has 0 spiro atoms. The average molecular weight is 302 g/mol. The molecule has 0 heterocycles. The van der Waals surface area contributed by atoms with E-state index in [-0.39, 0.29) is 11.8 Å². The maximum absolute atomic E-state index is 12.9. The van der Waals surface area contributed by atoms with Crippen molar-refractivity contribution in [1.29, 1.82) is 0 Å². The second kappa shape index (κ2) is 6.79. The van der Waals surface area contributed by atoms with Crippen LogP contribution in [0.25, 0.3) is 0 Å². The van der Waals surface area contributed by atoms with Crippen LogP contribution in [0, 0.1) is 0 Å². The van der Waals surface area contributed by atoms with Crippen LogP contribution in [0.4, 0.5) is 11.4 Å². The molecule has 0 aliphatic carbocycles. The summed E-state index contributed by atoms with van der Waals surface area (Å²) in [4.78, 5) is 12.9. The zero-order chi connectivity index (χ0) is 16.1. The topological polar surface area (TPSA) is 55.1 Å². The van der Waals surface area contributed by atoms with E-state index in [1.54, 1.807) is 12.1 Å². The molecule has 0 aromatic heterocycles. The van der Waals surface area contributed by atoms with E-state index in [1.165, 1.54) is 0 Å². The average Bonchev–Trinajstić information content (AvgIpc) is 2.57. The van der Waals surface area contributed by atoms with Crippen molar-refractivity contribution in [3.8, 4) is 0 Å². The van der Waals surface area contributed by atoms with Crippen molar-refractivity contribution in [2.75, 3.05) is 11.1 Å². The van der Waals surface area contributed by atoms with Crippen molar-refractivity contribution < 1.29 is 4.79 Å². The number of amides is 1. The smallest absolute Gasteiger partial charge is 0.236 e. The molecule has 0 fully saturated rings. The minimum Gasteiger partial charge on any atom is -0.399 e. The van der Waals surface area contributed by atoms with Gasteiger partial charge in [-0.1, -0.05) is 66.7 Å². The number of anilines is 2. The predicted octanol–water partition coefficient (Wildman–Crippen LogP) is 4.04. The molecule has 3 heteroatoms. The summed E-state index contributed by atoms with van der Waals surface area (Å²) in [6, 6.07) is 26.7. The quantitative estimate of drug-likeness (QED) is 0.715. The molecule has 0 unspecified atom stereocenters. The summed E-state index contributed by atoms with van der Waals surface area (Å²) in [5.41, 5.74) is 9.02. The zero-order valence-corrected chi connectivity index (χ0v) is 12.6. The third kappa shape index (κ3) is 3.58. The highest BCUT2D eigenvalue weighted by atomic mass is 16.1. The van der Waals surface area contributed by atoms with E-state index in [1.807, 2.05) is 72.8 Å². The lowest BCUT2D eigenvalue weighted by molar-refractivity contribution is -0.116. The maximum Gasteiger partial charge on any atom is 0.236 e. The Morgan fingerprint density at radius 3 is 1.87 bits per heavy atom. The Bertz CT molecular complexity index is 746. The van der Waals surface area contributed by atoms with E-state index in [4.69, 9.17) is 5.73 Å². The van der Waals surface area contributed by atoms with E-state index in [0.29, 0.717) is 11.4 Å². The Hall–Kier alpha value is -3.07. The lowest BCUT2D eigenvalue weighted by Gasteiger charge is -2.18. The van der Waals surface area contributed by atoms with Crippen LogP contribution in [0.2, 0.25) is 0 Å². The van der Waals surface area contributed by atoms with Gasteiger partial charge in [-0.25, -0.2) is 0 Å². The van der Waals surface area contributed by atoms with Gasteiger partial charge >= 0.3 is 0 Å². The predicted molar refractivity (Wildman–Crippen MR) is 94.2 cm³/mol. The number of hydrogen-bond acceptors (Lipinski definition) is 2. The molecule has 0 atom stereocenters. The van der Waals surface area contributed by atoms with E-state index < -0.39 is 0 Å². The van der Waals surface area contributed by atoms with Gasteiger partial charge in [-0.05, 0) is 29.3 Å². The molecule has 0 aliphatic rings. The molecular weight excluding hydrogens is 284 g/mol. The fraction of sp³-hybridized carbons (Fsp3) is 0.0500. The van der Waals surface area contributed by atoms with Crippen LogP contribution in [0.1, 0.15) is 17.0 Å². The highest BCUT2D eigenvalue weighted by Crippen LogP contribution is 2.26. The first kappa shape index (κ1) is 14.9. The van der Waals surface area contributed by atoms with Gasteiger partial charge in [-0.3, -0.25) is 4.79 Å². The van der Waals surface area contributed by atoms with Crippen molar-refractivity contribution in [3.63, 3.8) is 0 Å². The number of carbonyl (C=O) groups is 1. The molecule has 0 saturated carbocycles. The molecule has 0 bridgehead atoms. The fourth-order valence-electron chi connectivity index (χ4n) is 2.62. The van der Waals surface area contributed by atoms with E-state index in [2.05, 4.69) is 5.32 Å². The number of rotatable bonds is 4. The number of benzene rings is 3. The van der Waals surface area contributed by atoms with Crippen LogP contribution >= 0.6 is 0 Å². The third-order valence-corrected chi connectivity index (χ3v) is 3.68. The molecule has 3 rings (SSSR count). The molecule has 0 aliphatic heterocycles. The molecule has 0 saturated heterocycles. The van der Waals surface area contributed by atoms with Crippen molar-refractivity contribution in [3.05, 3.63) is 96.1 Å². The Labute approximate surface area is 135 Å². The van der Waals surface area contributed by atoms with Crippen LogP contribution < -0.4 is 11.1 Å². The van der Waals surface area contributed by atoms with Crippen LogP contribution in [0.3, 0.4) is 0 Å². The number of nitrogens with two attached hydrogens (primary N) is 1. The summed E-state index contributed by atoms with van der Waals surface area (Å²) < 4.78 is 0. The van der Waals surface area contributed by atoms with Crippen molar-refractivity contribution in [2.45, 2.75) is 5.92 Å². The first-order valence-corrected chi connectivity index (χ1v) is 7.50. The van der Waals surface area contributed by atoms with E-state index in [9.17, 15) is 4.79 Å². The lowest BCUT2D eigenvalue weighted by Crippen LogP contribution is -2.22. The van der Waals surface area contributed by atoms with Crippen molar-refractivity contribution in [1.82, 2.24) is 0 Å². The second-order valence-corrected chi connectivity index (χ2v) is 5.37. The van der Waals surface area contributed by atoms with Crippen molar-refractivity contribution >= 4 is 17.3 Å². The molecule has 3 nitrogen and oxygen atoms in total. The third-order valence-electron chi connectivity index (χ3n) is 3.68. The van der Waals surface area contributed by atoms with Gasteiger partial charge in [0.2, 0.25) is 5.91 Å². The monoisotopic (exact) mass is 302 g/mol. The normalized spacial score (nSPS) is 10.5. The molecule has 3 N–H and O–H groups in total. The second-order valence-electron chi connectivity index (χ2n) is 5.37. The van der Waals surface area contributed by atoms with Gasteiger partial charge < -0.3 is 11.1 Å². The summed E-state index contributed by atoms with van der Waals surface area (Å²) in [5.74, 6) is -0.438. The first-order valence-electron chi connectivity index (χ1n) is 7.50. The molecule has 0 radical (unpaired) electrons. The van der Waals surface area contributed by atoms with Gasteiger partial charge in [-0.15, -0.1) is 0 Å². The molecule has 23 heavy (non-hydrogen) atoms.